The van der Waals surface area contributed by atoms with Gasteiger partial charge in [-0.2, -0.15) is 11.8 Å². The Morgan fingerprint density at radius 3 is 2.87 bits per heavy atom. The number of hydrogen-bond acceptors (Lipinski definition) is 2. The first kappa shape index (κ1) is 10.9. The van der Waals surface area contributed by atoms with Gasteiger partial charge >= 0.3 is 0 Å². The molecule has 1 heterocycles. The third-order valence-corrected chi connectivity index (χ3v) is 3.44. The van der Waals surface area contributed by atoms with Gasteiger partial charge in [0.05, 0.1) is 5.75 Å². The highest BCUT2D eigenvalue weighted by Crippen LogP contribution is 2.26. The van der Waals surface area contributed by atoms with Gasteiger partial charge in [0.2, 0.25) is 0 Å². The van der Waals surface area contributed by atoms with E-state index in [9.17, 15) is 0 Å². The largest absolute Gasteiger partial charge is 0.460 e. The fraction of sp³-hybridized carbons (Fsp3) is 0.333. The zero-order valence-electron chi connectivity index (χ0n) is 8.79. The molecule has 0 N–H and O–H groups in total. The first-order valence-corrected chi connectivity index (χ1v) is 6.37. The van der Waals surface area contributed by atoms with Gasteiger partial charge in [0.1, 0.15) is 11.3 Å². The smallest absolute Gasteiger partial charge is 0.134 e. The van der Waals surface area contributed by atoms with Gasteiger partial charge in [-0.3, -0.25) is 0 Å². The molecule has 1 aromatic heterocycles. The van der Waals surface area contributed by atoms with Crippen molar-refractivity contribution in [3.05, 3.63) is 35.0 Å². The Balaban J connectivity index is 2.23. The molecule has 0 aliphatic carbocycles. The Labute approximate surface area is 98.8 Å². The van der Waals surface area contributed by atoms with Crippen LogP contribution in [0.3, 0.4) is 0 Å². The molecule has 80 valence electrons. The van der Waals surface area contributed by atoms with Gasteiger partial charge in [0.15, 0.2) is 0 Å². The van der Waals surface area contributed by atoms with Crippen LogP contribution in [0.5, 0.6) is 0 Å². The molecule has 2 rings (SSSR count). The van der Waals surface area contributed by atoms with E-state index in [2.05, 4.69) is 19.9 Å². The van der Waals surface area contributed by atoms with E-state index in [0.717, 1.165) is 27.5 Å². The fourth-order valence-electron chi connectivity index (χ4n) is 1.39. The predicted octanol–water partition coefficient (Wildman–Crippen LogP) is 4.73. The lowest BCUT2D eigenvalue weighted by Crippen LogP contribution is -1.86. The maximum Gasteiger partial charge on any atom is 0.134 e. The first-order valence-electron chi connectivity index (χ1n) is 4.95. The number of fused-ring (bicyclic) bond motifs is 1. The van der Waals surface area contributed by atoms with E-state index in [1.807, 2.05) is 30.0 Å². The molecule has 0 radical (unpaired) electrons. The second kappa shape index (κ2) is 4.50. The van der Waals surface area contributed by atoms with Crippen LogP contribution < -0.4 is 0 Å². The van der Waals surface area contributed by atoms with Crippen LogP contribution in [0.25, 0.3) is 11.0 Å². The Bertz CT molecular complexity index is 462. The fourth-order valence-corrected chi connectivity index (χ4v) is 2.21. The molecule has 0 atom stereocenters. The summed E-state index contributed by atoms with van der Waals surface area (Å²) in [4.78, 5) is 0. The quantitative estimate of drug-likeness (QED) is 0.770. The van der Waals surface area contributed by atoms with Crippen LogP contribution in [-0.2, 0) is 5.75 Å². The second-order valence-corrected chi connectivity index (χ2v) is 5.76. The molecular weight excluding hydrogens is 228 g/mol. The average Bonchev–Trinajstić information content (AvgIpc) is 2.56. The Morgan fingerprint density at radius 2 is 2.13 bits per heavy atom. The van der Waals surface area contributed by atoms with Gasteiger partial charge in [-0.05, 0) is 29.5 Å². The lowest BCUT2D eigenvalue weighted by atomic mass is 10.2. The van der Waals surface area contributed by atoms with E-state index in [4.69, 9.17) is 16.0 Å². The summed E-state index contributed by atoms with van der Waals surface area (Å²) in [6.07, 6.45) is 0. The van der Waals surface area contributed by atoms with E-state index < -0.39 is 0 Å². The molecule has 3 heteroatoms. The average molecular weight is 241 g/mol. The monoisotopic (exact) mass is 240 g/mol. The van der Waals surface area contributed by atoms with Crippen LogP contribution in [-0.4, -0.2) is 5.25 Å². The van der Waals surface area contributed by atoms with E-state index in [-0.39, 0.29) is 0 Å². The van der Waals surface area contributed by atoms with E-state index in [1.165, 1.54) is 0 Å². The molecule has 2 aromatic rings. The number of rotatable bonds is 3. The highest BCUT2D eigenvalue weighted by atomic mass is 35.5. The molecular formula is C12H13ClOS. The number of halogens is 1. The zero-order chi connectivity index (χ0) is 10.8. The molecule has 0 amide bonds. The Kier molecular flexibility index (Phi) is 3.27. The van der Waals surface area contributed by atoms with Crippen molar-refractivity contribution in [1.29, 1.82) is 0 Å². The third kappa shape index (κ3) is 2.70. The number of furan rings is 1. The minimum atomic E-state index is 0.627. The highest BCUT2D eigenvalue weighted by molar-refractivity contribution is 7.99. The van der Waals surface area contributed by atoms with Gasteiger partial charge in [-0.15, -0.1) is 0 Å². The minimum Gasteiger partial charge on any atom is -0.460 e. The van der Waals surface area contributed by atoms with Crippen molar-refractivity contribution in [1.82, 2.24) is 0 Å². The number of benzene rings is 1. The molecule has 0 fully saturated rings. The van der Waals surface area contributed by atoms with Crippen molar-refractivity contribution in [2.24, 2.45) is 0 Å². The molecule has 0 bridgehead atoms. The highest BCUT2D eigenvalue weighted by Gasteiger charge is 2.05. The number of hydrogen-bond donors (Lipinski definition) is 0. The van der Waals surface area contributed by atoms with Crippen molar-refractivity contribution in [3.8, 4) is 0 Å². The summed E-state index contributed by atoms with van der Waals surface area (Å²) in [5.74, 6) is 1.94. The third-order valence-electron chi connectivity index (χ3n) is 2.09. The van der Waals surface area contributed by atoms with Crippen molar-refractivity contribution >= 4 is 34.3 Å². The van der Waals surface area contributed by atoms with Gasteiger partial charge in [0.25, 0.3) is 0 Å². The summed E-state index contributed by atoms with van der Waals surface area (Å²) in [7, 11) is 0. The SMILES string of the molecule is CC(C)SCc1cc2cc(Cl)ccc2o1. The van der Waals surface area contributed by atoms with Crippen LogP contribution in [0.2, 0.25) is 5.02 Å². The molecule has 0 unspecified atom stereocenters. The van der Waals surface area contributed by atoms with Crippen LogP contribution in [0, 0.1) is 0 Å². The van der Waals surface area contributed by atoms with Gasteiger partial charge in [-0.25, -0.2) is 0 Å². The van der Waals surface area contributed by atoms with Crippen molar-refractivity contribution in [2.75, 3.05) is 0 Å². The first-order chi connectivity index (χ1) is 7.15. The van der Waals surface area contributed by atoms with Gasteiger partial charge < -0.3 is 4.42 Å². The molecule has 0 saturated carbocycles. The lowest BCUT2D eigenvalue weighted by molar-refractivity contribution is 0.574. The van der Waals surface area contributed by atoms with Crippen LogP contribution in [0.1, 0.15) is 19.6 Å². The second-order valence-electron chi connectivity index (χ2n) is 3.75. The summed E-state index contributed by atoms with van der Waals surface area (Å²) in [5, 5.41) is 2.47. The summed E-state index contributed by atoms with van der Waals surface area (Å²) < 4.78 is 5.69. The van der Waals surface area contributed by atoms with Gasteiger partial charge in [-0.1, -0.05) is 25.4 Å². The molecule has 0 spiro atoms. The Hall–Kier alpha value is -0.600. The summed E-state index contributed by atoms with van der Waals surface area (Å²) >= 11 is 7.79. The minimum absolute atomic E-state index is 0.627. The standard InChI is InChI=1S/C12H13ClOS/c1-8(2)15-7-11-6-9-5-10(13)3-4-12(9)14-11/h3-6,8H,7H2,1-2H3. The molecule has 0 saturated heterocycles. The number of thioether (sulfide) groups is 1. The predicted molar refractivity (Wildman–Crippen MR) is 67.7 cm³/mol. The topological polar surface area (TPSA) is 13.1 Å². The lowest BCUT2D eigenvalue weighted by Gasteiger charge is -2.00. The van der Waals surface area contributed by atoms with Crippen molar-refractivity contribution < 1.29 is 4.42 Å². The maximum atomic E-state index is 5.91. The van der Waals surface area contributed by atoms with Crippen molar-refractivity contribution in [3.63, 3.8) is 0 Å². The molecule has 1 nitrogen and oxygen atoms in total. The summed E-state index contributed by atoms with van der Waals surface area (Å²) in [6, 6.07) is 7.77. The van der Waals surface area contributed by atoms with Crippen LogP contribution in [0.15, 0.2) is 28.7 Å². The Morgan fingerprint density at radius 1 is 1.33 bits per heavy atom. The van der Waals surface area contributed by atoms with Crippen molar-refractivity contribution in [2.45, 2.75) is 24.9 Å². The maximum absolute atomic E-state index is 5.91. The van der Waals surface area contributed by atoms with E-state index in [0.29, 0.717) is 5.25 Å². The molecule has 0 aliphatic rings. The van der Waals surface area contributed by atoms with E-state index in [1.54, 1.807) is 0 Å². The molecule has 0 aliphatic heterocycles. The molecule has 1 aromatic carbocycles. The molecule has 15 heavy (non-hydrogen) atoms. The van der Waals surface area contributed by atoms with Gasteiger partial charge in [0, 0.05) is 10.4 Å². The van der Waals surface area contributed by atoms with Crippen LogP contribution in [0.4, 0.5) is 0 Å². The zero-order valence-corrected chi connectivity index (χ0v) is 10.4. The van der Waals surface area contributed by atoms with E-state index >= 15 is 0 Å². The summed E-state index contributed by atoms with van der Waals surface area (Å²) in [6.45, 7) is 4.37. The summed E-state index contributed by atoms with van der Waals surface area (Å²) in [5.41, 5.74) is 0.916. The van der Waals surface area contributed by atoms with Crippen LogP contribution >= 0.6 is 23.4 Å². The normalized spacial score (nSPS) is 11.5.